The third kappa shape index (κ3) is 2.53. The first-order valence-electron chi connectivity index (χ1n) is 6.28. The second-order valence-electron chi connectivity index (χ2n) is 4.46. The van der Waals surface area contributed by atoms with Gasteiger partial charge >= 0.3 is 0 Å². The Balaban J connectivity index is 2.14. The van der Waals surface area contributed by atoms with Crippen LogP contribution in [-0.4, -0.2) is 15.7 Å². The van der Waals surface area contributed by atoms with E-state index in [-0.39, 0.29) is 5.69 Å². The first kappa shape index (κ1) is 13.1. The molecule has 0 aliphatic carbocycles. The van der Waals surface area contributed by atoms with Crippen LogP contribution in [0.15, 0.2) is 60.7 Å². The summed E-state index contributed by atoms with van der Waals surface area (Å²) in [6.07, 6.45) is 0. The lowest BCUT2D eigenvalue weighted by Gasteiger charge is -2.07. The maximum absolute atomic E-state index is 13.0. The average Bonchev–Trinajstić information content (AvgIpc) is 2.94. The van der Waals surface area contributed by atoms with Gasteiger partial charge in [-0.2, -0.15) is 5.10 Å². The standard InChI is InChI=1S/C16H11FN2O2/c17-12-6-8-13(9-7-12)19-15(16(20)21)10-14(18-19)11-4-2-1-3-5-11/h1-10H,(H,20,21)/p-1. The van der Waals surface area contributed by atoms with Crippen molar-refractivity contribution in [1.29, 1.82) is 0 Å². The van der Waals surface area contributed by atoms with Crippen LogP contribution in [0, 0.1) is 5.82 Å². The highest BCUT2D eigenvalue weighted by atomic mass is 19.1. The fourth-order valence-electron chi connectivity index (χ4n) is 2.06. The van der Waals surface area contributed by atoms with Gasteiger partial charge < -0.3 is 9.90 Å². The lowest BCUT2D eigenvalue weighted by Crippen LogP contribution is -2.25. The third-order valence-electron chi connectivity index (χ3n) is 3.06. The molecule has 3 aromatic rings. The number of carboxylic acid groups (broad SMARTS) is 1. The Labute approximate surface area is 120 Å². The number of halogens is 1. The van der Waals surface area contributed by atoms with Crippen LogP contribution in [0.5, 0.6) is 0 Å². The molecule has 0 fully saturated rings. The van der Waals surface area contributed by atoms with Gasteiger partial charge in [-0.3, -0.25) is 0 Å². The molecule has 0 spiro atoms. The fraction of sp³-hybridized carbons (Fsp3) is 0. The molecular formula is C16H10FN2O2-. The van der Waals surface area contributed by atoms with Crippen molar-refractivity contribution in [3.63, 3.8) is 0 Å². The molecule has 3 rings (SSSR count). The molecule has 0 unspecified atom stereocenters. The average molecular weight is 281 g/mol. The number of benzene rings is 2. The van der Waals surface area contributed by atoms with Crippen molar-refractivity contribution in [3.05, 3.63) is 72.2 Å². The van der Waals surface area contributed by atoms with Crippen molar-refractivity contribution in [3.8, 4) is 16.9 Å². The van der Waals surface area contributed by atoms with Gasteiger partial charge in [-0.05, 0) is 30.3 Å². The number of hydrogen-bond donors (Lipinski definition) is 0. The summed E-state index contributed by atoms with van der Waals surface area (Å²) in [7, 11) is 0. The molecule has 0 aliphatic heterocycles. The predicted octanol–water partition coefficient (Wildman–Crippen LogP) is 2.04. The topological polar surface area (TPSA) is 57.9 Å². The summed E-state index contributed by atoms with van der Waals surface area (Å²) in [6, 6.07) is 16.1. The van der Waals surface area contributed by atoms with E-state index in [1.807, 2.05) is 30.3 Å². The van der Waals surface area contributed by atoms with E-state index in [0.717, 1.165) is 5.56 Å². The summed E-state index contributed by atoms with van der Waals surface area (Å²) in [5.74, 6) is -1.74. The van der Waals surface area contributed by atoms with Crippen molar-refractivity contribution in [2.45, 2.75) is 0 Å². The van der Waals surface area contributed by atoms with Gasteiger partial charge in [0.05, 0.1) is 23.0 Å². The van der Waals surface area contributed by atoms with Crippen molar-refractivity contribution in [1.82, 2.24) is 9.78 Å². The molecule has 0 saturated carbocycles. The van der Waals surface area contributed by atoms with Crippen LogP contribution in [-0.2, 0) is 0 Å². The Morgan fingerprint density at radius 2 is 1.71 bits per heavy atom. The molecule has 1 heterocycles. The summed E-state index contributed by atoms with van der Waals surface area (Å²) >= 11 is 0. The zero-order valence-electron chi connectivity index (χ0n) is 10.9. The van der Waals surface area contributed by atoms with Gasteiger partial charge in [-0.25, -0.2) is 9.07 Å². The molecule has 5 heteroatoms. The van der Waals surface area contributed by atoms with E-state index in [1.165, 1.54) is 35.0 Å². The van der Waals surface area contributed by atoms with E-state index in [2.05, 4.69) is 5.10 Å². The largest absolute Gasteiger partial charge is 0.543 e. The molecule has 0 saturated heterocycles. The van der Waals surface area contributed by atoms with E-state index in [1.54, 1.807) is 0 Å². The predicted molar refractivity (Wildman–Crippen MR) is 73.3 cm³/mol. The number of carbonyl (C=O) groups excluding carboxylic acids is 1. The van der Waals surface area contributed by atoms with Crippen molar-refractivity contribution >= 4 is 5.97 Å². The van der Waals surface area contributed by atoms with E-state index >= 15 is 0 Å². The maximum Gasteiger partial charge on any atom is 0.123 e. The van der Waals surface area contributed by atoms with Gasteiger partial charge in [0.1, 0.15) is 5.82 Å². The number of aromatic nitrogens is 2. The molecule has 0 aliphatic rings. The van der Waals surface area contributed by atoms with E-state index < -0.39 is 11.8 Å². The number of rotatable bonds is 3. The van der Waals surface area contributed by atoms with E-state index in [4.69, 9.17) is 0 Å². The molecule has 0 N–H and O–H groups in total. The molecule has 0 amide bonds. The molecule has 104 valence electrons. The SMILES string of the molecule is O=C([O-])c1cc(-c2ccccc2)nn1-c1ccc(F)cc1. The van der Waals surface area contributed by atoms with Crippen LogP contribution >= 0.6 is 0 Å². The second-order valence-corrected chi connectivity index (χ2v) is 4.46. The molecule has 0 radical (unpaired) electrons. The Bertz CT molecular complexity index is 780. The lowest BCUT2D eigenvalue weighted by atomic mass is 10.1. The van der Waals surface area contributed by atoms with Crippen LogP contribution < -0.4 is 5.11 Å². The summed E-state index contributed by atoms with van der Waals surface area (Å²) < 4.78 is 14.2. The van der Waals surface area contributed by atoms with Crippen LogP contribution in [0.25, 0.3) is 16.9 Å². The first-order chi connectivity index (χ1) is 10.1. The molecule has 0 atom stereocenters. The molecule has 4 nitrogen and oxygen atoms in total. The lowest BCUT2D eigenvalue weighted by molar-refractivity contribution is -0.255. The Kier molecular flexibility index (Phi) is 3.23. The van der Waals surface area contributed by atoms with E-state index in [0.29, 0.717) is 11.4 Å². The minimum absolute atomic E-state index is 0.0829. The first-order valence-corrected chi connectivity index (χ1v) is 6.28. The highest BCUT2D eigenvalue weighted by Gasteiger charge is 2.12. The van der Waals surface area contributed by atoms with E-state index in [9.17, 15) is 14.3 Å². The Morgan fingerprint density at radius 3 is 2.33 bits per heavy atom. The summed E-state index contributed by atoms with van der Waals surface area (Å²) in [4.78, 5) is 11.3. The zero-order chi connectivity index (χ0) is 14.8. The highest BCUT2D eigenvalue weighted by molar-refractivity contribution is 5.86. The molecule has 2 aromatic carbocycles. The normalized spacial score (nSPS) is 10.5. The van der Waals surface area contributed by atoms with Crippen molar-refractivity contribution in [2.75, 3.05) is 0 Å². The van der Waals surface area contributed by atoms with Crippen LogP contribution in [0.4, 0.5) is 4.39 Å². The van der Waals surface area contributed by atoms with Gasteiger partial charge in [-0.1, -0.05) is 30.3 Å². The van der Waals surface area contributed by atoms with Crippen LogP contribution in [0.1, 0.15) is 10.5 Å². The Morgan fingerprint density at radius 1 is 1.05 bits per heavy atom. The number of carbonyl (C=O) groups is 1. The van der Waals surface area contributed by atoms with Gasteiger partial charge in [0.2, 0.25) is 0 Å². The van der Waals surface area contributed by atoms with Gasteiger partial charge in [0.15, 0.2) is 0 Å². The minimum atomic E-state index is -1.34. The third-order valence-corrected chi connectivity index (χ3v) is 3.06. The summed E-state index contributed by atoms with van der Waals surface area (Å²) in [5, 5.41) is 15.5. The molecular weight excluding hydrogens is 271 g/mol. The minimum Gasteiger partial charge on any atom is -0.543 e. The maximum atomic E-state index is 13.0. The molecule has 21 heavy (non-hydrogen) atoms. The molecule has 1 aromatic heterocycles. The summed E-state index contributed by atoms with van der Waals surface area (Å²) in [6.45, 7) is 0. The smallest absolute Gasteiger partial charge is 0.123 e. The van der Waals surface area contributed by atoms with Crippen molar-refractivity contribution in [2.24, 2.45) is 0 Å². The second kappa shape index (κ2) is 5.20. The quantitative estimate of drug-likeness (QED) is 0.738. The highest BCUT2D eigenvalue weighted by Crippen LogP contribution is 2.21. The number of nitrogens with zero attached hydrogens (tertiary/aromatic N) is 2. The van der Waals surface area contributed by atoms with Gasteiger partial charge in [0, 0.05) is 5.56 Å². The van der Waals surface area contributed by atoms with Crippen LogP contribution in [0.2, 0.25) is 0 Å². The fourth-order valence-corrected chi connectivity index (χ4v) is 2.06. The Hall–Kier alpha value is -2.95. The zero-order valence-corrected chi connectivity index (χ0v) is 10.9. The number of carboxylic acids is 1. The van der Waals surface area contributed by atoms with Crippen molar-refractivity contribution < 1.29 is 14.3 Å². The monoisotopic (exact) mass is 281 g/mol. The number of aromatic carboxylic acids is 1. The molecule has 0 bridgehead atoms. The van der Waals surface area contributed by atoms with Gasteiger partial charge in [0.25, 0.3) is 0 Å². The van der Waals surface area contributed by atoms with Gasteiger partial charge in [-0.15, -0.1) is 0 Å². The number of hydrogen-bond acceptors (Lipinski definition) is 3. The van der Waals surface area contributed by atoms with Crippen LogP contribution in [0.3, 0.4) is 0 Å². The summed E-state index contributed by atoms with van der Waals surface area (Å²) in [5.41, 5.74) is 1.68.